The molecule has 0 amide bonds. The van der Waals surface area contributed by atoms with Gasteiger partial charge < -0.3 is 10.3 Å². The van der Waals surface area contributed by atoms with E-state index in [1.807, 2.05) is 6.07 Å². The van der Waals surface area contributed by atoms with Gasteiger partial charge in [-0.3, -0.25) is 4.90 Å². The van der Waals surface area contributed by atoms with Crippen LogP contribution in [0.4, 0.5) is 0 Å². The normalized spacial score (nSPS) is 30.5. The Morgan fingerprint density at radius 3 is 2.94 bits per heavy atom. The van der Waals surface area contributed by atoms with Crippen LogP contribution in [0.15, 0.2) is 10.6 Å². The Morgan fingerprint density at radius 2 is 2.33 bits per heavy atom. The van der Waals surface area contributed by atoms with E-state index in [4.69, 9.17) is 10.3 Å². The van der Waals surface area contributed by atoms with Gasteiger partial charge in [0.1, 0.15) is 0 Å². The molecule has 0 spiro atoms. The van der Waals surface area contributed by atoms with E-state index in [9.17, 15) is 0 Å². The van der Waals surface area contributed by atoms with Gasteiger partial charge >= 0.3 is 0 Å². The Bertz CT molecular complexity index is 403. The standard InChI is InChI=1S/C14H23N3O/c1-17(9-14-6-13(7-15)16-18-14)8-12-5-10-2-3-11(12)4-10/h6,10-12H,2-5,7-9,15H2,1H3. The molecule has 2 fully saturated rings. The van der Waals surface area contributed by atoms with Gasteiger partial charge in [-0.2, -0.15) is 0 Å². The van der Waals surface area contributed by atoms with Gasteiger partial charge in [0.2, 0.25) is 0 Å². The maximum Gasteiger partial charge on any atom is 0.151 e. The van der Waals surface area contributed by atoms with Crippen molar-refractivity contribution in [1.29, 1.82) is 0 Å². The molecule has 2 N–H and O–H groups in total. The summed E-state index contributed by atoms with van der Waals surface area (Å²) in [7, 11) is 2.18. The van der Waals surface area contributed by atoms with Crippen molar-refractivity contribution in [2.45, 2.75) is 38.8 Å². The monoisotopic (exact) mass is 249 g/mol. The molecule has 1 heterocycles. The fraction of sp³-hybridized carbons (Fsp3) is 0.786. The maximum absolute atomic E-state index is 5.53. The zero-order chi connectivity index (χ0) is 12.5. The first-order valence-corrected chi connectivity index (χ1v) is 7.07. The topological polar surface area (TPSA) is 55.3 Å². The zero-order valence-electron chi connectivity index (χ0n) is 11.1. The molecule has 2 bridgehead atoms. The molecule has 1 aromatic rings. The summed E-state index contributed by atoms with van der Waals surface area (Å²) in [6.45, 7) is 2.50. The average Bonchev–Trinajstić information content (AvgIpc) is 3.04. The molecule has 2 aliphatic carbocycles. The summed E-state index contributed by atoms with van der Waals surface area (Å²) in [4.78, 5) is 2.37. The SMILES string of the molecule is CN(Cc1cc(CN)no1)CC1CC2CCC1C2. The molecule has 3 unspecified atom stereocenters. The summed E-state index contributed by atoms with van der Waals surface area (Å²) in [5.74, 6) is 3.86. The van der Waals surface area contributed by atoms with Gasteiger partial charge in [-0.15, -0.1) is 0 Å². The highest BCUT2D eigenvalue weighted by atomic mass is 16.5. The summed E-state index contributed by atoms with van der Waals surface area (Å²) in [6, 6.07) is 1.97. The van der Waals surface area contributed by atoms with E-state index in [0.29, 0.717) is 6.54 Å². The van der Waals surface area contributed by atoms with Crippen LogP contribution in [0.2, 0.25) is 0 Å². The highest BCUT2D eigenvalue weighted by Gasteiger charge is 2.39. The minimum atomic E-state index is 0.458. The number of fused-ring (bicyclic) bond motifs is 2. The van der Waals surface area contributed by atoms with E-state index >= 15 is 0 Å². The van der Waals surface area contributed by atoms with Crippen LogP contribution in [0.1, 0.15) is 37.1 Å². The van der Waals surface area contributed by atoms with E-state index < -0.39 is 0 Å². The fourth-order valence-corrected chi connectivity index (χ4v) is 3.86. The number of nitrogens with zero attached hydrogens (tertiary/aromatic N) is 2. The molecule has 4 heteroatoms. The molecule has 3 rings (SSSR count). The van der Waals surface area contributed by atoms with Crippen LogP contribution in [0.3, 0.4) is 0 Å². The molecule has 18 heavy (non-hydrogen) atoms. The van der Waals surface area contributed by atoms with Crippen molar-refractivity contribution in [2.75, 3.05) is 13.6 Å². The summed E-state index contributed by atoms with van der Waals surface area (Å²) in [5.41, 5.74) is 6.38. The molecule has 0 aromatic carbocycles. The van der Waals surface area contributed by atoms with Gasteiger partial charge in [-0.25, -0.2) is 0 Å². The van der Waals surface area contributed by atoms with Gasteiger partial charge in [0.25, 0.3) is 0 Å². The molecular formula is C14H23N3O. The third kappa shape index (κ3) is 2.45. The maximum atomic E-state index is 5.53. The molecule has 4 nitrogen and oxygen atoms in total. The van der Waals surface area contributed by atoms with Crippen LogP contribution >= 0.6 is 0 Å². The largest absolute Gasteiger partial charge is 0.360 e. The number of hydrogen-bond donors (Lipinski definition) is 1. The van der Waals surface area contributed by atoms with E-state index in [2.05, 4.69) is 17.1 Å². The molecule has 3 atom stereocenters. The van der Waals surface area contributed by atoms with E-state index in [0.717, 1.165) is 35.8 Å². The summed E-state index contributed by atoms with van der Waals surface area (Å²) >= 11 is 0. The minimum Gasteiger partial charge on any atom is -0.360 e. The van der Waals surface area contributed by atoms with Crippen LogP contribution in [-0.4, -0.2) is 23.6 Å². The fourth-order valence-electron chi connectivity index (χ4n) is 3.86. The first-order valence-electron chi connectivity index (χ1n) is 7.07. The highest BCUT2D eigenvalue weighted by molar-refractivity contribution is 5.04. The van der Waals surface area contributed by atoms with Crippen molar-refractivity contribution >= 4 is 0 Å². The lowest BCUT2D eigenvalue weighted by Crippen LogP contribution is -2.28. The second-order valence-electron chi connectivity index (χ2n) is 6.12. The first kappa shape index (κ1) is 12.2. The van der Waals surface area contributed by atoms with Crippen LogP contribution in [0.5, 0.6) is 0 Å². The van der Waals surface area contributed by atoms with Crippen molar-refractivity contribution in [1.82, 2.24) is 10.1 Å². The lowest BCUT2D eigenvalue weighted by atomic mass is 9.88. The first-order chi connectivity index (χ1) is 8.74. The molecule has 0 radical (unpaired) electrons. The molecule has 1 aromatic heterocycles. The Morgan fingerprint density at radius 1 is 1.44 bits per heavy atom. The lowest BCUT2D eigenvalue weighted by molar-refractivity contribution is 0.198. The van der Waals surface area contributed by atoms with Crippen molar-refractivity contribution in [3.05, 3.63) is 17.5 Å². The Labute approximate surface area is 108 Å². The number of aromatic nitrogens is 1. The minimum absolute atomic E-state index is 0.458. The smallest absolute Gasteiger partial charge is 0.151 e. The molecule has 0 saturated heterocycles. The van der Waals surface area contributed by atoms with E-state index in [1.54, 1.807) is 0 Å². The van der Waals surface area contributed by atoms with Gasteiger partial charge in [-0.05, 0) is 44.1 Å². The second-order valence-corrected chi connectivity index (χ2v) is 6.12. The van der Waals surface area contributed by atoms with Crippen molar-refractivity contribution in [3.8, 4) is 0 Å². The Kier molecular flexibility index (Phi) is 3.39. The van der Waals surface area contributed by atoms with Crippen LogP contribution in [0, 0.1) is 17.8 Å². The second kappa shape index (κ2) is 5.02. The van der Waals surface area contributed by atoms with Gasteiger partial charge in [0.15, 0.2) is 5.76 Å². The molecule has 2 aliphatic rings. The number of rotatable bonds is 5. The van der Waals surface area contributed by atoms with Crippen LogP contribution < -0.4 is 5.73 Å². The predicted molar refractivity (Wildman–Crippen MR) is 69.7 cm³/mol. The number of hydrogen-bond acceptors (Lipinski definition) is 4. The van der Waals surface area contributed by atoms with Gasteiger partial charge in [-0.1, -0.05) is 11.6 Å². The summed E-state index contributed by atoms with van der Waals surface area (Å²) in [6.07, 6.45) is 5.87. The van der Waals surface area contributed by atoms with Crippen LogP contribution in [0.25, 0.3) is 0 Å². The van der Waals surface area contributed by atoms with Gasteiger partial charge in [0, 0.05) is 19.2 Å². The lowest BCUT2D eigenvalue weighted by Gasteiger charge is -2.26. The molecule has 2 saturated carbocycles. The van der Waals surface area contributed by atoms with E-state index in [1.165, 1.54) is 32.2 Å². The Balaban J connectivity index is 1.51. The zero-order valence-corrected chi connectivity index (χ0v) is 11.1. The number of nitrogens with two attached hydrogens (primary N) is 1. The predicted octanol–water partition coefficient (Wildman–Crippen LogP) is 2.00. The molecule has 0 aliphatic heterocycles. The average molecular weight is 249 g/mol. The highest BCUT2D eigenvalue weighted by Crippen LogP contribution is 2.48. The van der Waals surface area contributed by atoms with Crippen molar-refractivity contribution in [2.24, 2.45) is 23.5 Å². The molecule has 100 valence electrons. The van der Waals surface area contributed by atoms with Crippen molar-refractivity contribution < 1.29 is 4.52 Å². The van der Waals surface area contributed by atoms with Crippen molar-refractivity contribution in [3.63, 3.8) is 0 Å². The Hall–Kier alpha value is -0.870. The summed E-state index contributed by atoms with van der Waals surface area (Å²) in [5, 5.41) is 3.93. The van der Waals surface area contributed by atoms with E-state index in [-0.39, 0.29) is 0 Å². The van der Waals surface area contributed by atoms with Crippen LogP contribution in [-0.2, 0) is 13.1 Å². The third-order valence-electron chi connectivity index (χ3n) is 4.67. The summed E-state index contributed by atoms with van der Waals surface area (Å²) < 4.78 is 5.28. The van der Waals surface area contributed by atoms with Gasteiger partial charge in [0.05, 0.1) is 12.2 Å². The third-order valence-corrected chi connectivity index (χ3v) is 4.67. The quantitative estimate of drug-likeness (QED) is 0.867. The molecular weight excluding hydrogens is 226 g/mol.